The van der Waals surface area contributed by atoms with Crippen LogP contribution in [-0.2, 0) is 9.59 Å². The van der Waals surface area contributed by atoms with Crippen LogP contribution in [0.4, 0.5) is 0 Å². The van der Waals surface area contributed by atoms with Crippen molar-refractivity contribution in [3.8, 4) is 0 Å². The van der Waals surface area contributed by atoms with Crippen LogP contribution >= 0.6 is 0 Å². The molecular formula is C15H22N4O2. The van der Waals surface area contributed by atoms with Crippen molar-refractivity contribution < 1.29 is 9.59 Å². The molecule has 0 aromatic heterocycles. The van der Waals surface area contributed by atoms with E-state index in [2.05, 4.69) is 20.9 Å². The van der Waals surface area contributed by atoms with Gasteiger partial charge in [0, 0.05) is 17.4 Å². The molecule has 0 bridgehead atoms. The van der Waals surface area contributed by atoms with Crippen molar-refractivity contribution in [3.63, 3.8) is 0 Å². The zero-order valence-electron chi connectivity index (χ0n) is 12.3. The lowest BCUT2D eigenvalue weighted by Crippen LogP contribution is -2.42. The predicted octanol–water partition coefficient (Wildman–Crippen LogP) is 0.194. The Balaban J connectivity index is 1.56. The molecule has 1 spiro atoms. The van der Waals surface area contributed by atoms with Gasteiger partial charge in [-0.3, -0.25) is 14.5 Å². The molecule has 6 nitrogen and oxygen atoms in total. The first-order valence-corrected chi connectivity index (χ1v) is 7.56. The van der Waals surface area contributed by atoms with E-state index in [0.717, 1.165) is 12.2 Å². The lowest BCUT2D eigenvalue weighted by atomic mass is 10.1. The van der Waals surface area contributed by atoms with Gasteiger partial charge in [-0.15, -0.1) is 0 Å². The van der Waals surface area contributed by atoms with Gasteiger partial charge in [-0.1, -0.05) is 0 Å². The van der Waals surface area contributed by atoms with E-state index >= 15 is 0 Å². The standard InChI is InChI=1S/C15H22N4O2/c1-11-13(17-10-20)7-12(8-16-11)18-14(21)9-19-6-2-3-15(19)4-5-15/h7-8,10-11,16H,2-6,9H2,1H3,(H,17,20)(H,18,21). The maximum Gasteiger partial charge on any atom is 0.238 e. The number of amides is 2. The average Bonchev–Trinajstić information content (AvgIpc) is 3.12. The number of nitrogens with zero attached hydrogens (tertiary/aromatic N) is 1. The smallest absolute Gasteiger partial charge is 0.238 e. The van der Waals surface area contributed by atoms with Gasteiger partial charge in [-0.05, 0) is 45.2 Å². The zero-order valence-corrected chi connectivity index (χ0v) is 12.3. The number of likely N-dealkylation sites (tertiary alicyclic amines) is 1. The number of dihydropyridines is 1. The van der Waals surface area contributed by atoms with Gasteiger partial charge in [0.05, 0.1) is 18.3 Å². The zero-order chi connectivity index (χ0) is 14.9. The summed E-state index contributed by atoms with van der Waals surface area (Å²) in [5.41, 5.74) is 1.78. The van der Waals surface area contributed by atoms with Gasteiger partial charge in [0.2, 0.25) is 12.3 Å². The van der Waals surface area contributed by atoms with Crippen LogP contribution in [0.2, 0.25) is 0 Å². The third kappa shape index (κ3) is 2.95. The Morgan fingerprint density at radius 3 is 3.05 bits per heavy atom. The van der Waals surface area contributed by atoms with Crippen LogP contribution in [0.5, 0.6) is 0 Å². The van der Waals surface area contributed by atoms with Crippen molar-refractivity contribution in [2.75, 3.05) is 13.1 Å². The minimum Gasteiger partial charge on any atom is -0.381 e. The van der Waals surface area contributed by atoms with Crippen LogP contribution in [-0.4, -0.2) is 41.9 Å². The van der Waals surface area contributed by atoms with Crippen molar-refractivity contribution in [1.29, 1.82) is 0 Å². The summed E-state index contributed by atoms with van der Waals surface area (Å²) in [5.74, 6) is 0.00693. The highest BCUT2D eigenvalue weighted by atomic mass is 16.2. The molecule has 2 heterocycles. The Labute approximate surface area is 124 Å². The molecular weight excluding hydrogens is 268 g/mol. The summed E-state index contributed by atoms with van der Waals surface area (Å²) < 4.78 is 0. The molecule has 0 radical (unpaired) electrons. The van der Waals surface area contributed by atoms with E-state index in [1.54, 1.807) is 12.3 Å². The van der Waals surface area contributed by atoms with Crippen LogP contribution in [0, 0.1) is 0 Å². The highest BCUT2D eigenvalue weighted by Crippen LogP contribution is 2.49. The maximum atomic E-state index is 12.2. The van der Waals surface area contributed by atoms with Crippen molar-refractivity contribution in [2.24, 2.45) is 0 Å². The number of carbonyl (C=O) groups excluding carboxylic acids is 2. The fourth-order valence-electron chi connectivity index (χ4n) is 3.27. The molecule has 2 aliphatic heterocycles. The summed E-state index contributed by atoms with van der Waals surface area (Å²) >= 11 is 0. The largest absolute Gasteiger partial charge is 0.381 e. The van der Waals surface area contributed by atoms with Crippen molar-refractivity contribution in [3.05, 3.63) is 23.7 Å². The molecule has 1 aliphatic carbocycles. The fraction of sp³-hybridized carbons (Fsp3) is 0.600. The summed E-state index contributed by atoms with van der Waals surface area (Å²) in [6.45, 7) is 3.42. The van der Waals surface area contributed by atoms with E-state index in [0.29, 0.717) is 24.2 Å². The topological polar surface area (TPSA) is 73.5 Å². The first-order valence-electron chi connectivity index (χ1n) is 7.56. The van der Waals surface area contributed by atoms with E-state index in [4.69, 9.17) is 0 Å². The van der Waals surface area contributed by atoms with E-state index in [9.17, 15) is 9.59 Å². The number of nitrogens with one attached hydrogen (secondary N) is 3. The van der Waals surface area contributed by atoms with Crippen molar-refractivity contribution >= 4 is 12.3 Å². The summed E-state index contributed by atoms with van der Waals surface area (Å²) in [6.07, 6.45) is 9.11. The lowest BCUT2D eigenvalue weighted by molar-refractivity contribution is -0.121. The van der Waals surface area contributed by atoms with Crippen LogP contribution < -0.4 is 16.0 Å². The first kappa shape index (κ1) is 14.1. The highest BCUT2D eigenvalue weighted by molar-refractivity contribution is 5.80. The van der Waals surface area contributed by atoms with Gasteiger partial charge in [0.15, 0.2) is 0 Å². The SMILES string of the molecule is CC1NC=C(NC(=O)CN2CCCC23CC3)C=C1NC=O. The summed E-state index contributed by atoms with van der Waals surface area (Å²) in [7, 11) is 0. The van der Waals surface area contributed by atoms with Crippen LogP contribution in [0.15, 0.2) is 23.7 Å². The second kappa shape index (κ2) is 5.52. The molecule has 2 fully saturated rings. The molecule has 114 valence electrons. The number of rotatable bonds is 5. The molecule has 1 atom stereocenters. The number of carbonyl (C=O) groups is 2. The van der Waals surface area contributed by atoms with Crippen LogP contribution in [0.3, 0.4) is 0 Å². The third-order valence-corrected chi connectivity index (χ3v) is 4.68. The lowest BCUT2D eigenvalue weighted by Gasteiger charge is -2.25. The first-order chi connectivity index (χ1) is 10.1. The van der Waals surface area contributed by atoms with E-state index in [1.165, 1.54) is 25.7 Å². The molecule has 3 N–H and O–H groups in total. The molecule has 6 heteroatoms. The number of allylic oxidation sites excluding steroid dienone is 1. The monoisotopic (exact) mass is 290 g/mol. The number of hydrogen-bond acceptors (Lipinski definition) is 4. The summed E-state index contributed by atoms with van der Waals surface area (Å²) in [6, 6.07) is 0.0316. The molecule has 1 saturated carbocycles. The molecule has 1 unspecified atom stereocenters. The summed E-state index contributed by atoms with van der Waals surface area (Å²) in [5, 5.41) is 8.67. The second-order valence-corrected chi connectivity index (χ2v) is 6.15. The minimum absolute atomic E-state index is 0.00693. The molecule has 0 aromatic rings. The van der Waals surface area contributed by atoms with Crippen LogP contribution in [0.1, 0.15) is 32.6 Å². The van der Waals surface area contributed by atoms with E-state index in [1.807, 2.05) is 6.92 Å². The minimum atomic E-state index is 0.00693. The van der Waals surface area contributed by atoms with Crippen molar-refractivity contribution in [1.82, 2.24) is 20.9 Å². The normalized spacial score (nSPS) is 26.6. The van der Waals surface area contributed by atoms with Gasteiger partial charge in [0.1, 0.15) is 0 Å². The van der Waals surface area contributed by atoms with Crippen molar-refractivity contribution in [2.45, 2.75) is 44.2 Å². The Bertz CT molecular complexity index is 508. The molecule has 0 aromatic carbocycles. The maximum absolute atomic E-state index is 12.2. The summed E-state index contributed by atoms with van der Waals surface area (Å²) in [4.78, 5) is 25.1. The second-order valence-electron chi connectivity index (χ2n) is 6.15. The molecule has 2 amide bonds. The van der Waals surface area contributed by atoms with Gasteiger partial charge in [0.25, 0.3) is 0 Å². The van der Waals surface area contributed by atoms with E-state index in [-0.39, 0.29) is 11.9 Å². The average molecular weight is 290 g/mol. The van der Waals surface area contributed by atoms with Gasteiger partial charge in [-0.2, -0.15) is 0 Å². The Kier molecular flexibility index (Phi) is 3.71. The Morgan fingerprint density at radius 2 is 2.33 bits per heavy atom. The Hall–Kier alpha value is -1.82. The quantitative estimate of drug-likeness (QED) is 0.632. The number of hydrogen-bond donors (Lipinski definition) is 3. The van der Waals surface area contributed by atoms with Gasteiger partial charge < -0.3 is 16.0 Å². The Morgan fingerprint density at radius 1 is 1.52 bits per heavy atom. The highest BCUT2D eigenvalue weighted by Gasteiger charge is 2.50. The van der Waals surface area contributed by atoms with E-state index < -0.39 is 0 Å². The molecule has 21 heavy (non-hydrogen) atoms. The van der Waals surface area contributed by atoms with Gasteiger partial charge in [-0.25, -0.2) is 0 Å². The fourth-order valence-corrected chi connectivity index (χ4v) is 3.27. The molecule has 3 rings (SSSR count). The van der Waals surface area contributed by atoms with Crippen LogP contribution in [0.25, 0.3) is 0 Å². The predicted molar refractivity (Wildman–Crippen MR) is 78.9 cm³/mol. The van der Waals surface area contributed by atoms with Gasteiger partial charge >= 0.3 is 0 Å². The molecule has 3 aliphatic rings. The molecule has 1 saturated heterocycles. The third-order valence-electron chi connectivity index (χ3n) is 4.68.